The zero-order chi connectivity index (χ0) is 24.6. The number of carbonyl (C=O) groups is 1. The van der Waals surface area contributed by atoms with E-state index in [1.807, 2.05) is 25.1 Å². The van der Waals surface area contributed by atoms with Crippen LogP contribution in [0.4, 0.5) is 5.69 Å². The van der Waals surface area contributed by atoms with Crippen LogP contribution in [0.1, 0.15) is 17.5 Å². The lowest BCUT2D eigenvalue weighted by Crippen LogP contribution is -2.47. The minimum atomic E-state index is -3.78. The molecule has 1 aliphatic heterocycles. The summed E-state index contributed by atoms with van der Waals surface area (Å²) in [6, 6.07) is 17.7. The number of amides is 1. The highest BCUT2D eigenvalue weighted by Crippen LogP contribution is 2.19. The molecule has 1 aliphatic rings. The maximum Gasteiger partial charge on any atom is 0.304 e. The van der Waals surface area contributed by atoms with Gasteiger partial charge in [0.2, 0.25) is 5.91 Å². The number of anilines is 1. The van der Waals surface area contributed by atoms with Gasteiger partial charge in [0.15, 0.2) is 0 Å². The fourth-order valence-electron chi connectivity index (χ4n) is 3.94. The molecule has 9 heteroatoms. The van der Waals surface area contributed by atoms with Crippen LogP contribution in [0.5, 0.6) is 0 Å². The Morgan fingerprint density at radius 2 is 1.56 bits per heavy atom. The molecule has 1 N–H and O–H groups in total. The van der Waals surface area contributed by atoms with Gasteiger partial charge in [0.05, 0.1) is 5.69 Å². The fraction of sp³-hybridized carbons (Fsp3) is 0.480. The zero-order valence-electron chi connectivity index (χ0n) is 20.5. The zero-order valence-corrected chi connectivity index (χ0v) is 21.3. The van der Waals surface area contributed by atoms with E-state index < -0.39 is 10.2 Å². The summed E-state index contributed by atoms with van der Waals surface area (Å²) >= 11 is 0. The van der Waals surface area contributed by atoms with Crippen molar-refractivity contribution in [3.63, 3.8) is 0 Å². The average Bonchev–Trinajstić information content (AvgIpc) is 2.82. The Hall–Kier alpha value is -2.46. The molecule has 0 bridgehead atoms. The lowest BCUT2D eigenvalue weighted by molar-refractivity contribution is -0.119. The number of carbonyl (C=O) groups excluding carboxylic acids is 1. The predicted molar refractivity (Wildman–Crippen MR) is 137 cm³/mol. The summed E-state index contributed by atoms with van der Waals surface area (Å²) in [5.74, 6) is -0.307. The molecule has 1 amide bonds. The van der Waals surface area contributed by atoms with E-state index in [0.29, 0.717) is 12.2 Å². The molecule has 2 aromatic carbocycles. The first-order chi connectivity index (χ1) is 16.3. The third kappa shape index (κ3) is 7.53. The van der Waals surface area contributed by atoms with Gasteiger partial charge in [-0.25, -0.2) is 4.31 Å². The van der Waals surface area contributed by atoms with Crippen molar-refractivity contribution in [2.45, 2.75) is 19.9 Å². The molecule has 34 heavy (non-hydrogen) atoms. The van der Waals surface area contributed by atoms with Crippen molar-refractivity contribution in [3.05, 3.63) is 65.7 Å². The first kappa shape index (κ1) is 26.2. The predicted octanol–water partition coefficient (Wildman–Crippen LogP) is 1.93. The Kier molecular flexibility index (Phi) is 9.46. The number of nitrogens with zero attached hydrogens (tertiary/aromatic N) is 4. The van der Waals surface area contributed by atoms with E-state index in [1.165, 1.54) is 19.7 Å². The van der Waals surface area contributed by atoms with Gasteiger partial charge in [0.25, 0.3) is 0 Å². The smallest absolute Gasteiger partial charge is 0.304 e. The Morgan fingerprint density at radius 1 is 0.941 bits per heavy atom. The molecule has 186 valence electrons. The molecular formula is C25H37N5O3S. The summed E-state index contributed by atoms with van der Waals surface area (Å²) in [5.41, 5.74) is 2.84. The number of hydrogen-bond donors (Lipinski definition) is 1. The van der Waals surface area contributed by atoms with Crippen LogP contribution < -0.4 is 9.62 Å². The van der Waals surface area contributed by atoms with Crippen LogP contribution in [0.15, 0.2) is 54.6 Å². The summed E-state index contributed by atoms with van der Waals surface area (Å²) in [6.45, 7) is 8.21. The van der Waals surface area contributed by atoms with Gasteiger partial charge in [-0.1, -0.05) is 48.0 Å². The van der Waals surface area contributed by atoms with Crippen LogP contribution in [-0.4, -0.2) is 88.3 Å². The molecule has 0 aliphatic carbocycles. The monoisotopic (exact) mass is 487 g/mol. The van der Waals surface area contributed by atoms with Crippen molar-refractivity contribution in [1.29, 1.82) is 0 Å². The van der Waals surface area contributed by atoms with Crippen molar-refractivity contribution >= 4 is 21.8 Å². The number of piperazine rings is 1. The second-order valence-electron chi connectivity index (χ2n) is 8.94. The van der Waals surface area contributed by atoms with Crippen LogP contribution in [-0.2, 0) is 21.5 Å². The molecule has 0 unspecified atom stereocenters. The third-order valence-corrected chi connectivity index (χ3v) is 7.86. The van der Waals surface area contributed by atoms with Crippen molar-refractivity contribution in [1.82, 2.24) is 19.4 Å². The lowest BCUT2D eigenvalue weighted by Gasteiger charge is -2.34. The van der Waals surface area contributed by atoms with Gasteiger partial charge in [-0.15, -0.1) is 0 Å². The second-order valence-corrected chi connectivity index (χ2v) is 11.0. The van der Waals surface area contributed by atoms with Crippen molar-refractivity contribution in [2.24, 2.45) is 0 Å². The molecule has 0 spiro atoms. The van der Waals surface area contributed by atoms with Gasteiger partial charge in [-0.05, 0) is 37.6 Å². The minimum absolute atomic E-state index is 0.248. The summed E-state index contributed by atoms with van der Waals surface area (Å²) in [7, 11) is -0.850. The first-order valence-corrected chi connectivity index (χ1v) is 13.2. The molecule has 0 saturated carbocycles. The molecule has 0 aromatic heterocycles. The molecule has 1 saturated heterocycles. The van der Waals surface area contributed by atoms with E-state index in [4.69, 9.17) is 0 Å². The summed E-state index contributed by atoms with van der Waals surface area (Å²) in [6.07, 6.45) is 0.829. The van der Waals surface area contributed by atoms with Gasteiger partial charge in [-0.3, -0.25) is 9.69 Å². The number of nitrogens with one attached hydrogen (secondary N) is 1. The highest BCUT2D eigenvalue weighted by Gasteiger charge is 2.27. The van der Waals surface area contributed by atoms with Crippen LogP contribution >= 0.6 is 0 Å². The van der Waals surface area contributed by atoms with Gasteiger partial charge in [-0.2, -0.15) is 12.7 Å². The van der Waals surface area contributed by atoms with Crippen LogP contribution in [0.25, 0.3) is 0 Å². The minimum Gasteiger partial charge on any atom is -0.354 e. The van der Waals surface area contributed by atoms with E-state index in [-0.39, 0.29) is 12.5 Å². The summed E-state index contributed by atoms with van der Waals surface area (Å²) in [4.78, 5) is 17.5. The highest BCUT2D eigenvalue weighted by atomic mass is 32.2. The lowest BCUT2D eigenvalue weighted by atomic mass is 10.2. The quantitative estimate of drug-likeness (QED) is 0.490. The second kappa shape index (κ2) is 12.3. The number of aryl methyl sites for hydroxylation is 1. The largest absolute Gasteiger partial charge is 0.354 e. The molecule has 0 radical (unpaired) electrons. The van der Waals surface area contributed by atoms with Crippen LogP contribution in [0.3, 0.4) is 0 Å². The summed E-state index contributed by atoms with van der Waals surface area (Å²) < 4.78 is 27.9. The summed E-state index contributed by atoms with van der Waals surface area (Å²) in [5, 5.41) is 2.89. The van der Waals surface area contributed by atoms with E-state index in [1.54, 1.807) is 12.1 Å². The van der Waals surface area contributed by atoms with E-state index in [2.05, 4.69) is 39.4 Å². The fourth-order valence-corrected chi connectivity index (χ4v) is 5.01. The van der Waals surface area contributed by atoms with Gasteiger partial charge < -0.3 is 10.2 Å². The number of rotatable bonds is 11. The number of hydrogen-bond acceptors (Lipinski definition) is 5. The highest BCUT2D eigenvalue weighted by molar-refractivity contribution is 7.90. The first-order valence-electron chi connectivity index (χ1n) is 11.8. The Labute approximate surface area is 204 Å². The normalized spacial score (nSPS) is 15.4. The van der Waals surface area contributed by atoms with Crippen molar-refractivity contribution < 1.29 is 13.2 Å². The van der Waals surface area contributed by atoms with Gasteiger partial charge in [0.1, 0.15) is 6.54 Å². The molecule has 1 heterocycles. The average molecular weight is 488 g/mol. The Bertz CT molecular complexity index is 1000. The SMILES string of the molecule is Cc1ccc(N(CC(=O)NCCCN2CCN(Cc3ccccc3)CC2)S(=O)(=O)N(C)C)cc1. The van der Waals surface area contributed by atoms with Crippen LogP contribution in [0, 0.1) is 6.92 Å². The van der Waals surface area contributed by atoms with E-state index in [0.717, 1.165) is 59.9 Å². The topological polar surface area (TPSA) is 76.2 Å². The maximum absolute atomic E-state index is 12.8. The number of benzene rings is 2. The van der Waals surface area contributed by atoms with Gasteiger partial charge in [0, 0.05) is 53.4 Å². The molecule has 0 atom stereocenters. The maximum atomic E-state index is 12.8. The van der Waals surface area contributed by atoms with Gasteiger partial charge >= 0.3 is 10.2 Å². The molecule has 3 rings (SSSR count). The molecule has 8 nitrogen and oxygen atoms in total. The van der Waals surface area contributed by atoms with Crippen molar-refractivity contribution in [2.75, 3.05) is 64.2 Å². The van der Waals surface area contributed by atoms with Crippen molar-refractivity contribution in [3.8, 4) is 0 Å². The Balaban J connectivity index is 1.41. The van der Waals surface area contributed by atoms with Crippen LogP contribution in [0.2, 0.25) is 0 Å². The standard InChI is InChI=1S/C25H37N5O3S/c1-22-10-12-24(13-11-22)30(34(32,33)27(2)3)21-25(31)26-14-7-15-28-16-18-29(19-17-28)20-23-8-5-4-6-9-23/h4-6,8-13H,7,14-21H2,1-3H3,(H,26,31). The Morgan fingerprint density at radius 3 is 2.18 bits per heavy atom. The molecule has 2 aromatic rings. The molecule has 1 fully saturated rings. The van der Waals surface area contributed by atoms with E-state index in [9.17, 15) is 13.2 Å². The third-order valence-electron chi connectivity index (χ3n) is 6.04. The van der Waals surface area contributed by atoms with E-state index >= 15 is 0 Å². The molecular weight excluding hydrogens is 450 g/mol.